The molecule has 1 aliphatic rings. The molecule has 2 aromatic carbocycles. The third-order valence-corrected chi connectivity index (χ3v) is 4.11. The lowest BCUT2D eigenvalue weighted by atomic mass is 10.1. The number of likely N-dealkylation sites (tertiary alicyclic amines) is 1. The zero-order valence-electron chi connectivity index (χ0n) is 12.9. The number of amides is 2. The molecule has 0 spiro atoms. The van der Waals surface area contributed by atoms with E-state index < -0.39 is 0 Å². The zero-order chi connectivity index (χ0) is 16.1. The molecule has 0 unspecified atom stereocenters. The smallest absolute Gasteiger partial charge is 0.225 e. The third-order valence-electron chi connectivity index (χ3n) is 4.11. The van der Waals surface area contributed by atoms with Crippen molar-refractivity contribution in [3.8, 4) is 0 Å². The normalized spacial score (nSPS) is 17.3. The number of carbonyl (C=O) groups is 2. The molecule has 2 amide bonds. The maximum atomic E-state index is 12.3. The minimum atomic E-state index is -0.255. The average molecular weight is 308 g/mol. The Kier molecular flexibility index (Phi) is 4.71. The van der Waals surface area contributed by atoms with Crippen molar-refractivity contribution < 1.29 is 9.59 Å². The first kappa shape index (κ1) is 15.3. The lowest BCUT2D eigenvalue weighted by Gasteiger charge is -2.16. The van der Waals surface area contributed by atoms with Gasteiger partial charge in [0, 0.05) is 26.1 Å². The summed E-state index contributed by atoms with van der Waals surface area (Å²) in [5, 5.41) is 2.93. The SMILES string of the molecule is O=C(NCc1ccccc1)[C@@H]1CC(=O)N(Cc2ccccc2)C1. The molecule has 1 atom stereocenters. The van der Waals surface area contributed by atoms with Crippen LogP contribution in [-0.2, 0) is 22.7 Å². The zero-order valence-corrected chi connectivity index (χ0v) is 12.9. The molecule has 1 N–H and O–H groups in total. The molecule has 118 valence electrons. The summed E-state index contributed by atoms with van der Waals surface area (Å²) >= 11 is 0. The highest BCUT2D eigenvalue weighted by atomic mass is 16.2. The molecule has 0 aliphatic carbocycles. The van der Waals surface area contributed by atoms with Crippen molar-refractivity contribution in [1.29, 1.82) is 0 Å². The van der Waals surface area contributed by atoms with Gasteiger partial charge in [0.05, 0.1) is 5.92 Å². The minimum Gasteiger partial charge on any atom is -0.352 e. The predicted molar refractivity (Wildman–Crippen MR) is 88.3 cm³/mol. The summed E-state index contributed by atoms with van der Waals surface area (Å²) in [6.45, 7) is 1.57. The van der Waals surface area contributed by atoms with Crippen LogP contribution >= 0.6 is 0 Å². The van der Waals surface area contributed by atoms with Crippen LogP contribution in [0.4, 0.5) is 0 Å². The van der Waals surface area contributed by atoms with Gasteiger partial charge in [-0.3, -0.25) is 9.59 Å². The van der Waals surface area contributed by atoms with Crippen LogP contribution < -0.4 is 5.32 Å². The van der Waals surface area contributed by atoms with Crippen molar-refractivity contribution in [2.24, 2.45) is 5.92 Å². The van der Waals surface area contributed by atoms with E-state index in [2.05, 4.69) is 5.32 Å². The summed E-state index contributed by atoms with van der Waals surface area (Å²) in [5.74, 6) is -0.249. The third kappa shape index (κ3) is 3.97. The maximum Gasteiger partial charge on any atom is 0.225 e. The number of hydrogen-bond donors (Lipinski definition) is 1. The molecule has 4 heteroatoms. The molecule has 1 heterocycles. The van der Waals surface area contributed by atoms with Gasteiger partial charge in [-0.25, -0.2) is 0 Å². The van der Waals surface area contributed by atoms with Crippen LogP contribution in [0.15, 0.2) is 60.7 Å². The predicted octanol–water partition coefficient (Wildman–Crippen LogP) is 2.35. The van der Waals surface area contributed by atoms with E-state index >= 15 is 0 Å². The molecular weight excluding hydrogens is 288 g/mol. The van der Waals surface area contributed by atoms with E-state index in [1.165, 1.54) is 0 Å². The van der Waals surface area contributed by atoms with Crippen LogP contribution in [0.25, 0.3) is 0 Å². The Morgan fingerprint density at radius 2 is 1.61 bits per heavy atom. The number of rotatable bonds is 5. The summed E-state index contributed by atoms with van der Waals surface area (Å²) in [4.78, 5) is 26.2. The Labute approximate surface area is 136 Å². The van der Waals surface area contributed by atoms with Gasteiger partial charge < -0.3 is 10.2 Å². The highest BCUT2D eigenvalue weighted by Gasteiger charge is 2.33. The van der Waals surface area contributed by atoms with E-state index in [9.17, 15) is 9.59 Å². The first-order valence-electron chi connectivity index (χ1n) is 7.86. The van der Waals surface area contributed by atoms with E-state index in [1.807, 2.05) is 60.7 Å². The first-order valence-corrected chi connectivity index (χ1v) is 7.86. The quantitative estimate of drug-likeness (QED) is 0.922. The van der Waals surface area contributed by atoms with E-state index in [-0.39, 0.29) is 17.7 Å². The fourth-order valence-electron chi connectivity index (χ4n) is 2.83. The topological polar surface area (TPSA) is 49.4 Å². The molecule has 4 nitrogen and oxygen atoms in total. The van der Waals surface area contributed by atoms with Gasteiger partial charge in [0.2, 0.25) is 11.8 Å². The Balaban J connectivity index is 1.53. The second kappa shape index (κ2) is 7.09. The maximum absolute atomic E-state index is 12.3. The molecule has 0 radical (unpaired) electrons. The monoisotopic (exact) mass is 308 g/mol. The fourth-order valence-corrected chi connectivity index (χ4v) is 2.83. The lowest BCUT2D eigenvalue weighted by molar-refractivity contribution is -0.129. The highest BCUT2D eigenvalue weighted by molar-refractivity contribution is 5.89. The summed E-state index contributed by atoms with van der Waals surface area (Å²) < 4.78 is 0. The standard InChI is InChI=1S/C19H20N2O2/c22-18-11-17(14-21(18)13-16-9-5-2-6-10-16)19(23)20-12-15-7-3-1-4-8-15/h1-10,17H,11-14H2,(H,20,23)/t17-/m1/s1. The average Bonchev–Trinajstić information content (AvgIpc) is 2.95. The van der Waals surface area contributed by atoms with Crippen LogP contribution in [0.2, 0.25) is 0 Å². The Morgan fingerprint density at radius 1 is 1.00 bits per heavy atom. The van der Waals surface area contributed by atoms with Gasteiger partial charge in [0.1, 0.15) is 0 Å². The molecular formula is C19H20N2O2. The Hall–Kier alpha value is -2.62. The summed E-state index contributed by atoms with van der Waals surface area (Å²) in [7, 11) is 0. The van der Waals surface area contributed by atoms with E-state index in [0.717, 1.165) is 11.1 Å². The van der Waals surface area contributed by atoms with Crippen molar-refractivity contribution in [2.45, 2.75) is 19.5 Å². The van der Waals surface area contributed by atoms with Crippen molar-refractivity contribution >= 4 is 11.8 Å². The van der Waals surface area contributed by atoms with Gasteiger partial charge in [-0.05, 0) is 11.1 Å². The summed E-state index contributed by atoms with van der Waals surface area (Å²) in [6, 6.07) is 19.7. The number of nitrogens with zero attached hydrogens (tertiary/aromatic N) is 1. The molecule has 3 rings (SSSR count). The van der Waals surface area contributed by atoms with Crippen LogP contribution in [0.5, 0.6) is 0 Å². The largest absolute Gasteiger partial charge is 0.352 e. The molecule has 0 bridgehead atoms. The van der Waals surface area contributed by atoms with Gasteiger partial charge in [0.25, 0.3) is 0 Å². The molecule has 23 heavy (non-hydrogen) atoms. The summed E-state index contributed by atoms with van der Waals surface area (Å²) in [5.41, 5.74) is 2.15. The second-order valence-electron chi connectivity index (χ2n) is 5.86. The highest BCUT2D eigenvalue weighted by Crippen LogP contribution is 2.20. The molecule has 0 saturated carbocycles. The van der Waals surface area contributed by atoms with Crippen LogP contribution in [0, 0.1) is 5.92 Å². The van der Waals surface area contributed by atoms with E-state index in [0.29, 0.717) is 26.1 Å². The van der Waals surface area contributed by atoms with Gasteiger partial charge in [-0.1, -0.05) is 60.7 Å². The number of benzene rings is 2. The van der Waals surface area contributed by atoms with Gasteiger partial charge in [0.15, 0.2) is 0 Å². The lowest BCUT2D eigenvalue weighted by Crippen LogP contribution is -2.32. The van der Waals surface area contributed by atoms with Crippen LogP contribution in [-0.4, -0.2) is 23.3 Å². The Bertz CT molecular complexity index is 670. The number of hydrogen-bond acceptors (Lipinski definition) is 2. The molecule has 1 saturated heterocycles. The molecule has 2 aromatic rings. The van der Waals surface area contributed by atoms with Crippen molar-refractivity contribution in [3.63, 3.8) is 0 Å². The van der Waals surface area contributed by atoms with Crippen molar-refractivity contribution in [1.82, 2.24) is 10.2 Å². The second-order valence-corrected chi connectivity index (χ2v) is 5.86. The molecule has 0 aromatic heterocycles. The van der Waals surface area contributed by atoms with Crippen LogP contribution in [0.1, 0.15) is 17.5 Å². The molecule has 1 fully saturated rings. The Morgan fingerprint density at radius 3 is 2.26 bits per heavy atom. The molecule has 1 aliphatic heterocycles. The van der Waals surface area contributed by atoms with Gasteiger partial charge in [-0.15, -0.1) is 0 Å². The van der Waals surface area contributed by atoms with Crippen LogP contribution in [0.3, 0.4) is 0 Å². The number of carbonyl (C=O) groups excluding carboxylic acids is 2. The van der Waals surface area contributed by atoms with Gasteiger partial charge in [-0.2, -0.15) is 0 Å². The number of nitrogens with one attached hydrogen (secondary N) is 1. The minimum absolute atomic E-state index is 0.0437. The van der Waals surface area contributed by atoms with E-state index in [1.54, 1.807) is 4.90 Å². The van der Waals surface area contributed by atoms with Crippen molar-refractivity contribution in [3.05, 3.63) is 71.8 Å². The van der Waals surface area contributed by atoms with Crippen molar-refractivity contribution in [2.75, 3.05) is 6.54 Å². The first-order chi connectivity index (χ1) is 11.2. The van der Waals surface area contributed by atoms with E-state index in [4.69, 9.17) is 0 Å². The fraction of sp³-hybridized carbons (Fsp3) is 0.263. The van der Waals surface area contributed by atoms with Gasteiger partial charge >= 0.3 is 0 Å². The summed E-state index contributed by atoms with van der Waals surface area (Å²) in [6.07, 6.45) is 0.299.